The highest BCUT2D eigenvalue weighted by atomic mass is 35.5. The van der Waals surface area contributed by atoms with Crippen LogP contribution in [0.5, 0.6) is 5.75 Å². The number of fused-ring (bicyclic) bond motifs is 5. The van der Waals surface area contributed by atoms with Gasteiger partial charge in [-0.25, -0.2) is 0 Å². The van der Waals surface area contributed by atoms with E-state index in [1.807, 2.05) is 12.2 Å². The minimum atomic E-state index is -0.677. The molecule has 4 atom stereocenters. The van der Waals surface area contributed by atoms with Crippen molar-refractivity contribution in [3.8, 4) is 5.75 Å². The third-order valence-corrected chi connectivity index (χ3v) is 5.70. The largest absolute Gasteiger partial charge is 0.480 e. The van der Waals surface area contributed by atoms with Gasteiger partial charge < -0.3 is 4.74 Å². The maximum absolute atomic E-state index is 12.7. The van der Waals surface area contributed by atoms with Crippen LogP contribution in [0.3, 0.4) is 0 Å². The van der Waals surface area contributed by atoms with E-state index in [0.29, 0.717) is 5.56 Å². The van der Waals surface area contributed by atoms with Crippen LogP contribution in [0.4, 0.5) is 5.69 Å². The first-order valence-corrected chi connectivity index (χ1v) is 9.71. The Labute approximate surface area is 172 Å². The van der Waals surface area contributed by atoms with Crippen molar-refractivity contribution in [1.29, 1.82) is 0 Å². The van der Waals surface area contributed by atoms with Gasteiger partial charge in [-0.15, -0.1) is 0 Å². The number of amides is 2. The van der Waals surface area contributed by atoms with Gasteiger partial charge in [0.05, 0.1) is 28.0 Å². The van der Waals surface area contributed by atoms with E-state index in [-0.39, 0.29) is 51.9 Å². The molecule has 4 rings (SSSR count). The number of rotatable bonds is 4. The third kappa shape index (κ3) is 3.31. The van der Waals surface area contributed by atoms with E-state index in [4.69, 9.17) is 16.3 Å². The van der Waals surface area contributed by atoms with Crippen molar-refractivity contribution in [2.45, 2.75) is 32.8 Å². The van der Waals surface area contributed by atoms with Gasteiger partial charge in [-0.05, 0) is 45.1 Å². The summed E-state index contributed by atoms with van der Waals surface area (Å²) in [5.41, 5.74) is -0.697. The Kier molecular flexibility index (Phi) is 4.49. The summed E-state index contributed by atoms with van der Waals surface area (Å²) in [5, 5.41) is 16.5. The van der Waals surface area contributed by atoms with Crippen molar-refractivity contribution >= 4 is 35.3 Å². The zero-order valence-corrected chi connectivity index (χ0v) is 16.9. The molecule has 1 saturated carbocycles. The number of nitro benzene ring substituents is 1. The molecule has 1 aliphatic heterocycles. The van der Waals surface area contributed by atoms with Crippen LogP contribution in [-0.2, 0) is 9.59 Å². The Morgan fingerprint density at radius 2 is 1.79 bits per heavy atom. The van der Waals surface area contributed by atoms with Crippen molar-refractivity contribution in [3.05, 3.63) is 45.0 Å². The summed E-state index contributed by atoms with van der Waals surface area (Å²) in [6, 6.07) is 2.71. The van der Waals surface area contributed by atoms with Crippen LogP contribution in [0.2, 0.25) is 5.02 Å². The molecule has 3 aliphatic rings. The van der Waals surface area contributed by atoms with Gasteiger partial charge in [0.25, 0.3) is 11.8 Å². The van der Waals surface area contributed by atoms with Crippen LogP contribution in [0.1, 0.15) is 32.8 Å². The molecule has 0 unspecified atom stereocenters. The smallest absolute Gasteiger partial charge is 0.313 e. The summed E-state index contributed by atoms with van der Waals surface area (Å²) >= 11 is 6.21. The fourth-order valence-corrected chi connectivity index (χ4v) is 4.60. The minimum Gasteiger partial charge on any atom is -0.480 e. The summed E-state index contributed by atoms with van der Waals surface area (Å²) in [4.78, 5) is 36.2. The van der Waals surface area contributed by atoms with Crippen molar-refractivity contribution in [3.63, 3.8) is 0 Å². The van der Waals surface area contributed by atoms with Crippen LogP contribution in [0.15, 0.2) is 29.4 Å². The van der Waals surface area contributed by atoms with Gasteiger partial charge in [-0.3, -0.25) is 19.7 Å². The van der Waals surface area contributed by atoms with Gasteiger partial charge in [0.15, 0.2) is 0 Å². The minimum absolute atomic E-state index is 0.0353. The SMILES string of the molecule is CC(C)(C)Oc1c(Cl)cc(C=NN2C(=O)[C@@H]3[C@H](C2=O)[C@H]2C=C[C@H]3C2)cc1[N+](=O)[O-]. The van der Waals surface area contributed by atoms with E-state index in [0.717, 1.165) is 11.4 Å². The number of imide groups is 1. The molecule has 0 spiro atoms. The van der Waals surface area contributed by atoms with Gasteiger partial charge >= 0.3 is 5.69 Å². The normalized spacial score (nSPS) is 27.9. The quantitative estimate of drug-likeness (QED) is 0.245. The lowest BCUT2D eigenvalue weighted by Crippen LogP contribution is -2.28. The Morgan fingerprint density at radius 1 is 1.21 bits per heavy atom. The molecule has 0 aromatic heterocycles. The first-order chi connectivity index (χ1) is 13.6. The highest BCUT2D eigenvalue weighted by Gasteiger charge is 2.59. The molecule has 2 bridgehead atoms. The lowest BCUT2D eigenvalue weighted by molar-refractivity contribution is -0.386. The monoisotopic (exact) mass is 417 g/mol. The summed E-state index contributed by atoms with van der Waals surface area (Å²) < 4.78 is 5.63. The molecule has 0 N–H and O–H groups in total. The predicted molar refractivity (Wildman–Crippen MR) is 106 cm³/mol. The Hall–Kier alpha value is -2.74. The first-order valence-electron chi connectivity index (χ1n) is 9.34. The molecule has 2 amide bonds. The number of nitro groups is 1. The molecule has 9 heteroatoms. The fourth-order valence-electron chi connectivity index (χ4n) is 4.34. The van der Waals surface area contributed by atoms with E-state index in [1.54, 1.807) is 20.8 Å². The summed E-state index contributed by atoms with van der Waals surface area (Å²) in [5.74, 6) is -1.20. The predicted octanol–water partition coefficient (Wildman–Crippen LogP) is 3.57. The van der Waals surface area contributed by atoms with E-state index >= 15 is 0 Å². The fraction of sp³-hybridized carbons (Fsp3) is 0.450. The zero-order valence-electron chi connectivity index (χ0n) is 16.2. The highest BCUT2D eigenvalue weighted by Crippen LogP contribution is 2.52. The third-order valence-electron chi connectivity index (χ3n) is 5.42. The first kappa shape index (κ1) is 19.6. The molecule has 1 saturated heterocycles. The van der Waals surface area contributed by atoms with Gasteiger partial charge in [0.2, 0.25) is 5.75 Å². The maximum atomic E-state index is 12.7. The lowest BCUT2D eigenvalue weighted by Gasteiger charge is -2.21. The molecular formula is C20H20ClN3O5. The number of allylic oxidation sites excluding steroid dienone is 2. The van der Waals surface area contributed by atoms with Gasteiger partial charge in [0.1, 0.15) is 5.60 Å². The van der Waals surface area contributed by atoms with E-state index in [9.17, 15) is 19.7 Å². The number of carbonyl (C=O) groups is 2. The molecule has 2 fully saturated rings. The molecule has 8 nitrogen and oxygen atoms in total. The Morgan fingerprint density at radius 3 is 2.31 bits per heavy atom. The number of hydrogen-bond acceptors (Lipinski definition) is 6. The number of carbonyl (C=O) groups excluding carboxylic acids is 2. The number of benzene rings is 1. The number of hydrogen-bond donors (Lipinski definition) is 0. The second kappa shape index (κ2) is 6.66. The molecule has 2 aliphatic carbocycles. The van der Waals surface area contributed by atoms with Crippen molar-refractivity contribution in [2.75, 3.05) is 0 Å². The maximum Gasteiger partial charge on any atom is 0.313 e. The van der Waals surface area contributed by atoms with E-state index in [1.165, 1.54) is 18.3 Å². The van der Waals surface area contributed by atoms with Gasteiger partial charge in [-0.1, -0.05) is 23.8 Å². The highest BCUT2D eigenvalue weighted by molar-refractivity contribution is 6.32. The molecule has 1 aromatic rings. The number of hydrazone groups is 1. The van der Waals surface area contributed by atoms with Crippen molar-refractivity contribution < 1.29 is 19.2 Å². The average molecular weight is 418 g/mol. The molecule has 29 heavy (non-hydrogen) atoms. The summed E-state index contributed by atoms with van der Waals surface area (Å²) in [7, 11) is 0. The molecule has 1 heterocycles. The van der Waals surface area contributed by atoms with E-state index in [2.05, 4.69) is 5.10 Å². The topological polar surface area (TPSA) is 102 Å². The Bertz CT molecular complexity index is 951. The number of ether oxygens (including phenoxy) is 1. The molecule has 0 radical (unpaired) electrons. The summed E-state index contributed by atoms with van der Waals surface area (Å²) in [6.45, 7) is 5.27. The number of nitrogens with zero attached hydrogens (tertiary/aromatic N) is 3. The van der Waals surface area contributed by atoms with Crippen LogP contribution in [-0.4, -0.2) is 33.6 Å². The van der Waals surface area contributed by atoms with Crippen molar-refractivity contribution in [1.82, 2.24) is 5.01 Å². The van der Waals surface area contributed by atoms with Crippen LogP contribution < -0.4 is 4.74 Å². The lowest BCUT2D eigenvalue weighted by atomic mass is 9.85. The standard InChI is InChI=1S/C20H20ClN3O5/c1-20(2,3)29-17-13(21)6-10(7-14(17)24(27)28)9-22-23-18(25)15-11-4-5-12(8-11)16(15)19(23)26/h4-7,9,11-12,15-16H,8H2,1-3H3/t11-,12-,15-,16+/m0/s1. The zero-order chi connectivity index (χ0) is 21.1. The van der Waals surface area contributed by atoms with Gasteiger partial charge in [0, 0.05) is 11.6 Å². The second-order valence-corrected chi connectivity index (χ2v) is 8.96. The average Bonchev–Trinajstić information content (AvgIpc) is 3.29. The summed E-state index contributed by atoms with van der Waals surface area (Å²) in [6.07, 6.45) is 6.08. The van der Waals surface area contributed by atoms with Crippen molar-refractivity contribution in [2.24, 2.45) is 28.8 Å². The Balaban J connectivity index is 1.61. The molecule has 152 valence electrons. The van der Waals surface area contributed by atoms with E-state index < -0.39 is 10.5 Å². The molecule has 1 aromatic carbocycles. The number of halogens is 1. The van der Waals surface area contributed by atoms with Crippen LogP contribution in [0, 0.1) is 33.8 Å². The second-order valence-electron chi connectivity index (χ2n) is 8.56. The molecular weight excluding hydrogens is 398 g/mol. The van der Waals surface area contributed by atoms with Crippen LogP contribution >= 0.6 is 11.6 Å². The van der Waals surface area contributed by atoms with Gasteiger partial charge in [-0.2, -0.15) is 10.1 Å². The van der Waals surface area contributed by atoms with Crippen LogP contribution in [0.25, 0.3) is 0 Å².